The zero-order chi connectivity index (χ0) is 14.5. The van der Waals surface area contributed by atoms with E-state index in [-0.39, 0.29) is 18.0 Å². The van der Waals surface area contributed by atoms with Gasteiger partial charge in [0.05, 0.1) is 13.5 Å². The Balaban J connectivity index is 2.11. The number of hydrogen-bond donors (Lipinski definition) is 0. The molecule has 0 saturated heterocycles. The normalized spacial score (nSPS) is 10.1. The second-order valence-corrected chi connectivity index (χ2v) is 4.57. The lowest BCUT2D eigenvalue weighted by atomic mass is 9.98. The van der Waals surface area contributed by atoms with Crippen LogP contribution >= 0.6 is 0 Å². The van der Waals surface area contributed by atoms with Crippen molar-refractivity contribution in [3.8, 4) is 5.75 Å². The minimum absolute atomic E-state index is 0.114. The summed E-state index contributed by atoms with van der Waals surface area (Å²) >= 11 is 0. The summed E-state index contributed by atoms with van der Waals surface area (Å²) in [6.45, 7) is 1.87. The molecule has 0 fully saturated rings. The van der Waals surface area contributed by atoms with Crippen molar-refractivity contribution in [2.75, 3.05) is 7.11 Å². The summed E-state index contributed by atoms with van der Waals surface area (Å²) in [7, 11) is 1.57. The van der Waals surface area contributed by atoms with E-state index in [1.165, 1.54) is 0 Å². The Bertz CT molecular complexity index is 627. The standard InChI is InChI=1S/C17H16O3/c1-12-5-3-4-6-15(12)17(19)11-16(18)13-7-9-14(20-2)10-8-13/h3-10H,11H2,1-2H3. The average molecular weight is 268 g/mol. The number of carbonyl (C=O) groups excluding carboxylic acids is 2. The highest BCUT2D eigenvalue weighted by molar-refractivity contribution is 6.14. The summed E-state index contributed by atoms with van der Waals surface area (Å²) in [6.07, 6.45) is -0.114. The molecule has 2 aromatic carbocycles. The van der Waals surface area contributed by atoms with E-state index < -0.39 is 0 Å². The number of aryl methyl sites for hydroxylation is 1. The van der Waals surface area contributed by atoms with Crippen molar-refractivity contribution in [3.63, 3.8) is 0 Å². The molecular weight excluding hydrogens is 252 g/mol. The first-order chi connectivity index (χ1) is 9.61. The summed E-state index contributed by atoms with van der Waals surface area (Å²) in [5, 5.41) is 0. The van der Waals surface area contributed by atoms with Crippen LogP contribution in [-0.2, 0) is 0 Å². The molecular formula is C17H16O3. The van der Waals surface area contributed by atoms with Crippen LogP contribution in [0, 0.1) is 6.92 Å². The average Bonchev–Trinajstić information content (AvgIpc) is 2.47. The Labute approximate surface area is 118 Å². The van der Waals surface area contributed by atoms with Gasteiger partial charge < -0.3 is 4.74 Å². The van der Waals surface area contributed by atoms with Crippen LogP contribution in [0.3, 0.4) is 0 Å². The summed E-state index contributed by atoms with van der Waals surface area (Å²) in [5.74, 6) is 0.358. The fraction of sp³-hybridized carbons (Fsp3) is 0.176. The van der Waals surface area contributed by atoms with Crippen LogP contribution in [0.4, 0.5) is 0 Å². The van der Waals surface area contributed by atoms with Crippen LogP contribution in [0.1, 0.15) is 32.7 Å². The topological polar surface area (TPSA) is 43.4 Å². The molecule has 0 aliphatic heterocycles. The molecule has 2 aromatic rings. The first-order valence-electron chi connectivity index (χ1n) is 6.38. The van der Waals surface area contributed by atoms with Crippen LogP contribution in [0.2, 0.25) is 0 Å². The van der Waals surface area contributed by atoms with Gasteiger partial charge in [0.25, 0.3) is 0 Å². The lowest BCUT2D eigenvalue weighted by molar-refractivity contribution is 0.0894. The number of Topliss-reactive ketones (excluding diaryl/α,β-unsaturated/α-hetero) is 2. The molecule has 0 N–H and O–H groups in total. The largest absolute Gasteiger partial charge is 0.497 e. The van der Waals surface area contributed by atoms with Gasteiger partial charge in [-0.2, -0.15) is 0 Å². The number of ether oxygens (including phenoxy) is 1. The molecule has 0 spiro atoms. The Kier molecular flexibility index (Phi) is 4.31. The van der Waals surface area contributed by atoms with E-state index >= 15 is 0 Å². The second kappa shape index (κ2) is 6.15. The lowest BCUT2D eigenvalue weighted by Gasteiger charge is -2.05. The summed E-state index contributed by atoms with van der Waals surface area (Å²) in [6, 6.07) is 14.1. The van der Waals surface area contributed by atoms with Crippen molar-refractivity contribution in [2.24, 2.45) is 0 Å². The molecule has 102 valence electrons. The quantitative estimate of drug-likeness (QED) is 0.616. The van der Waals surface area contributed by atoms with Gasteiger partial charge in [-0.05, 0) is 36.8 Å². The van der Waals surface area contributed by atoms with Crippen LogP contribution in [0.15, 0.2) is 48.5 Å². The zero-order valence-corrected chi connectivity index (χ0v) is 11.6. The van der Waals surface area contributed by atoms with Gasteiger partial charge >= 0.3 is 0 Å². The van der Waals surface area contributed by atoms with Crippen molar-refractivity contribution in [3.05, 3.63) is 65.2 Å². The fourth-order valence-corrected chi connectivity index (χ4v) is 2.01. The Morgan fingerprint density at radius 2 is 1.60 bits per heavy atom. The molecule has 0 aromatic heterocycles. The molecule has 0 saturated carbocycles. The van der Waals surface area contributed by atoms with Crippen molar-refractivity contribution < 1.29 is 14.3 Å². The first-order valence-corrected chi connectivity index (χ1v) is 6.38. The van der Waals surface area contributed by atoms with Gasteiger partial charge in [-0.3, -0.25) is 9.59 Å². The third-order valence-corrected chi connectivity index (χ3v) is 3.18. The van der Waals surface area contributed by atoms with Crippen molar-refractivity contribution >= 4 is 11.6 Å². The summed E-state index contributed by atoms with van der Waals surface area (Å²) in [4.78, 5) is 24.2. The maximum atomic E-state index is 12.1. The lowest BCUT2D eigenvalue weighted by Crippen LogP contribution is -2.09. The Morgan fingerprint density at radius 3 is 2.20 bits per heavy atom. The number of benzene rings is 2. The maximum absolute atomic E-state index is 12.1. The first kappa shape index (κ1) is 14.0. The summed E-state index contributed by atoms with van der Waals surface area (Å²) < 4.78 is 5.04. The molecule has 3 nitrogen and oxygen atoms in total. The Hall–Kier alpha value is -2.42. The van der Waals surface area contributed by atoms with Gasteiger partial charge in [0, 0.05) is 11.1 Å². The smallest absolute Gasteiger partial charge is 0.170 e. The van der Waals surface area contributed by atoms with Crippen molar-refractivity contribution in [2.45, 2.75) is 13.3 Å². The SMILES string of the molecule is COc1ccc(C(=O)CC(=O)c2ccccc2C)cc1. The highest BCUT2D eigenvalue weighted by Gasteiger charge is 2.15. The molecule has 0 bridgehead atoms. The predicted molar refractivity (Wildman–Crippen MR) is 77.5 cm³/mol. The number of carbonyl (C=O) groups is 2. The minimum Gasteiger partial charge on any atom is -0.497 e. The zero-order valence-electron chi connectivity index (χ0n) is 11.6. The maximum Gasteiger partial charge on any atom is 0.170 e. The molecule has 2 rings (SSSR count). The second-order valence-electron chi connectivity index (χ2n) is 4.57. The molecule has 0 aliphatic carbocycles. The fourth-order valence-electron chi connectivity index (χ4n) is 2.01. The van der Waals surface area contributed by atoms with E-state index in [0.29, 0.717) is 16.9 Å². The van der Waals surface area contributed by atoms with E-state index in [0.717, 1.165) is 5.56 Å². The molecule has 0 radical (unpaired) electrons. The van der Waals surface area contributed by atoms with Crippen LogP contribution in [0.5, 0.6) is 5.75 Å². The van der Waals surface area contributed by atoms with Gasteiger partial charge in [-0.15, -0.1) is 0 Å². The third kappa shape index (κ3) is 3.12. The van der Waals surface area contributed by atoms with Gasteiger partial charge in [0.1, 0.15) is 5.75 Å². The van der Waals surface area contributed by atoms with Crippen LogP contribution < -0.4 is 4.74 Å². The third-order valence-electron chi connectivity index (χ3n) is 3.18. The highest BCUT2D eigenvalue weighted by atomic mass is 16.5. The number of methoxy groups -OCH3 is 1. The molecule has 0 atom stereocenters. The monoisotopic (exact) mass is 268 g/mol. The molecule has 0 unspecified atom stereocenters. The van der Waals surface area contributed by atoms with Gasteiger partial charge in [0.15, 0.2) is 11.6 Å². The van der Waals surface area contributed by atoms with Crippen molar-refractivity contribution in [1.29, 1.82) is 0 Å². The van der Waals surface area contributed by atoms with E-state index in [4.69, 9.17) is 4.74 Å². The van der Waals surface area contributed by atoms with Crippen molar-refractivity contribution in [1.82, 2.24) is 0 Å². The van der Waals surface area contributed by atoms with E-state index in [9.17, 15) is 9.59 Å². The molecule has 20 heavy (non-hydrogen) atoms. The Morgan fingerprint density at radius 1 is 0.950 bits per heavy atom. The number of hydrogen-bond acceptors (Lipinski definition) is 3. The predicted octanol–water partition coefficient (Wildman–Crippen LogP) is 3.46. The van der Waals surface area contributed by atoms with Gasteiger partial charge in [-0.25, -0.2) is 0 Å². The highest BCUT2D eigenvalue weighted by Crippen LogP contribution is 2.15. The van der Waals surface area contributed by atoms with Gasteiger partial charge in [0.2, 0.25) is 0 Å². The summed E-state index contributed by atoms with van der Waals surface area (Å²) in [5.41, 5.74) is 2.02. The number of rotatable bonds is 5. The van der Waals surface area contributed by atoms with Crippen LogP contribution in [-0.4, -0.2) is 18.7 Å². The van der Waals surface area contributed by atoms with Crippen LogP contribution in [0.25, 0.3) is 0 Å². The van der Waals surface area contributed by atoms with Gasteiger partial charge in [-0.1, -0.05) is 24.3 Å². The number of ketones is 2. The molecule has 0 aliphatic rings. The molecule has 3 heteroatoms. The molecule has 0 amide bonds. The molecule has 0 heterocycles. The van der Waals surface area contributed by atoms with E-state index in [1.54, 1.807) is 43.5 Å². The minimum atomic E-state index is -0.180. The van der Waals surface area contributed by atoms with E-state index in [2.05, 4.69) is 0 Å². The van der Waals surface area contributed by atoms with E-state index in [1.807, 2.05) is 19.1 Å².